The predicted molar refractivity (Wildman–Crippen MR) is 128 cm³/mol. The highest BCUT2D eigenvalue weighted by atomic mass is 35.5. The van der Waals surface area contributed by atoms with Gasteiger partial charge >= 0.3 is 0 Å². The average Bonchev–Trinajstić information content (AvgIpc) is 2.76. The summed E-state index contributed by atoms with van der Waals surface area (Å²) < 4.78 is 0. The fourth-order valence-corrected chi connectivity index (χ4v) is 3.56. The Morgan fingerprint density at radius 2 is 1.31 bits per heavy atom. The molecule has 164 valence electrons. The van der Waals surface area contributed by atoms with Gasteiger partial charge in [-0.2, -0.15) is 0 Å². The Morgan fingerprint density at radius 3 is 1.97 bits per heavy atom. The third-order valence-corrected chi connectivity index (χ3v) is 5.17. The molecule has 0 spiro atoms. The number of amides is 2. The van der Waals surface area contributed by atoms with E-state index in [4.69, 9.17) is 23.2 Å². The summed E-state index contributed by atoms with van der Waals surface area (Å²) in [4.78, 5) is 39.2. The van der Waals surface area contributed by atoms with Crippen molar-refractivity contribution in [1.29, 1.82) is 0 Å². The molecule has 6 nitrogen and oxygen atoms in total. The number of nitrogens with one attached hydrogen (secondary N) is 2. The molecule has 0 unspecified atom stereocenters. The molecule has 0 aromatic heterocycles. The number of carbonyl (C=O) groups is 3. The van der Waals surface area contributed by atoms with Crippen LogP contribution in [0.25, 0.3) is 0 Å². The van der Waals surface area contributed by atoms with Gasteiger partial charge in [0.2, 0.25) is 11.8 Å². The first-order valence-corrected chi connectivity index (χ1v) is 10.5. The van der Waals surface area contributed by atoms with E-state index < -0.39 is 0 Å². The fraction of sp³-hybridized carbons (Fsp3) is 0.125. The van der Waals surface area contributed by atoms with Gasteiger partial charge in [-0.15, -0.1) is 0 Å². The van der Waals surface area contributed by atoms with E-state index in [0.717, 1.165) is 0 Å². The Morgan fingerprint density at radius 1 is 0.750 bits per heavy atom. The molecule has 0 aliphatic rings. The van der Waals surface area contributed by atoms with Crippen molar-refractivity contribution in [2.24, 2.45) is 0 Å². The second kappa shape index (κ2) is 10.9. The standard InChI is InChI=1S/C24H21Cl2N3O3/c1-29(15-22(31)28-23-18(25)11-7-12-19(23)26)14-21(30)27-20-13-6-5-10-17(20)24(32)16-8-3-2-4-9-16/h2-13H,14-15H2,1H3,(H,27,30)(H,28,31). The summed E-state index contributed by atoms with van der Waals surface area (Å²) in [6.45, 7) is -0.114. The molecule has 3 aromatic rings. The lowest BCUT2D eigenvalue weighted by Gasteiger charge is -2.17. The lowest BCUT2D eigenvalue weighted by Crippen LogP contribution is -2.36. The van der Waals surface area contributed by atoms with Gasteiger partial charge in [-0.05, 0) is 31.3 Å². The summed E-state index contributed by atoms with van der Waals surface area (Å²) in [6.07, 6.45) is 0. The van der Waals surface area contributed by atoms with E-state index in [1.54, 1.807) is 73.8 Å². The van der Waals surface area contributed by atoms with Crippen molar-refractivity contribution in [3.8, 4) is 0 Å². The highest BCUT2D eigenvalue weighted by Crippen LogP contribution is 2.29. The maximum Gasteiger partial charge on any atom is 0.238 e. The number of likely N-dealkylation sites (N-methyl/N-ethyl adjacent to an activating group) is 1. The van der Waals surface area contributed by atoms with E-state index in [1.807, 2.05) is 6.07 Å². The normalized spacial score (nSPS) is 10.6. The number of hydrogen-bond acceptors (Lipinski definition) is 4. The zero-order valence-corrected chi connectivity index (χ0v) is 18.8. The van der Waals surface area contributed by atoms with Crippen LogP contribution in [0.1, 0.15) is 15.9 Å². The molecule has 8 heteroatoms. The molecule has 0 saturated carbocycles. The van der Waals surface area contributed by atoms with E-state index in [2.05, 4.69) is 10.6 Å². The van der Waals surface area contributed by atoms with Gasteiger partial charge in [0.15, 0.2) is 5.78 Å². The molecule has 2 amide bonds. The summed E-state index contributed by atoms with van der Waals surface area (Å²) >= 11 is 12.1. The Bertz CT molecular complexity index is 1120. The highest BCUT2D eigenvalue weighted by molar-refractivity contribution is 6.39. The van der Waals surface area contributed by atoms with Crippen LogP contribution >= 0.6 is 23.2 Å². The Balaban J connectivity index is 1.60. The zero-order valence-electron chi connectivity index (χ0n) is 17.3. The minimum Gasteiger partial charge on any atom is -0.324 e. The fourth-order valence-electron chi connectivity index (χ4n) is 3.07. The van der Waals surface area contributed by atoms with Crippen LogP contribution in [0.2, 0.25) is 10.0 Å². The Kier molecular flexibility index (Phi) is 8.00. The molecule has 2 N–H and O–H groups in total. The van der Waals surface area contributed by atoms with Crippen molar-refractivity contribution in [2.75, 3.05) is 30.8 Å². The summed E-state index contributed by atoms with van der Waals surface area (Å²) in [5.41, 5.74) is 1.65. The molecule has 0 atom stereocenters. The van der Waals surface area contributed by atoms with Crippen molar-refractivity contribution in [2.45, 2.75) is 0 Å². The topological polar surface area (TPSA) is 78.5 Å². The monoisotopic (exact) mass is 469 g/mol. The van der Waals surface area contributed by atoms with Crippen LogP contribution in [-0.4, -0.2) is 42.6 Å². The molecular weight excluding hydrogens is 449 g/mol. The Labute approximate surface area is 196 Å². The lowest BCUT2D eigenvalue weighted by atomic mass is 10.0. The van der Waals surface area contributed by atoms with E-state index in [0.29, 0.717) is 32.5 Å². The van der Waals surface area contributed by atoms with E-state index in [-0.39, 0.29) is 30.7 Å². The van der Waals surface area contributed by atoms with Crippen LogP contribution in [-0.2, 0) is 9.59 Å². The van der Waals surface area contributed by atoms with E-state index >= 15 is 0 Å². The molecule has 0 fully saturated rings. The summed E-state index contributed by atoms with van der Waals surface area (Å²) in [6, 6.07) is 20.6. The SMILES string of the molecule is CN(CC(=O)Nc1ccccc1C(=O)c1ccccc1)CC(=O)Nc1c(Cl)cccc1Cl. The van der Waals surface area contributed by atoms with Gasteiger partial charge in [0.05, 0.1) is 34.5 Å². The van der Waals surface area contributed by atoms with Gasteiger partial charge in [0.25, 0.3) is 0 Å². The number of anilines is 2. The summed E-state index contributed by atoms with van der Waals surface area (Å²) in [5, 5.41) is 6.06. The predicted octanol–water partition coefficient (Wildman–Crippen LogP) is 4.73. The third-order valence-electron chi connectivity index (χ3n) is 4.54. The van der Waals surface area contributed by atoms with E-state index in [9.17, 15) is 14.4 Å². The van der Waals surface area contributed by atoms with Crippen LogP contribution in [0.5, 0.6) is 0 Å². The highest BCUT2D eigenvalue weighted by Gasteiger charge is 2.17. The number of para-hydroxylation sites is 2. The first-order valence-electron chi connectivity index (χ1n) is 9.76. The molecule has 0 aliphatic heterocycles. The van der Waals surface area contributed by atoms with Crippen LogP contribution in [0.3, 0.4) is 0 Å². The van der Waals surface area contributed by atoms with Gasteiger partial charge in [-0.3, -0.25) is 19.3 Å². The maximum atomic E-state index is 12.8. The molecule has 0 bridgehead atoms. The first-order chi connectivity index (χ1) is 15.3. The maximum absolute atomic E-state index is 12.8. The molecule has 3 aromatic carbocycles. The van der Waals surface area contributed by atoms with Crippen molar-refractivity contribution in [3.05, 3.63) is 94.0 Å². The van der Waals surface area contributed by atoms with Crippen molar-refractivity contribution >= 4 is 52.2 Å². The molecule has 32 heavy (non-hydrogen) atoms. The summed E-state index contributed by atoms with van der Waals surface area (Å²) in [5.74, 6) is -0.912. The van der Waals surface area contributed by atoms with Crippen molar-refractivity contribution in [3.63, 3.8) is 0 Å². The molecular formula is C24H21Cl2N3O3. The number of benzene rings is 3. The van der Waals surface area contributed by atoms with Crippen LogP contribution in [0.4, 0.5) is 11.4 Å². The van der Waals surface area contributed by atoms with E-state index in [1.165, 1.54) is 4.90 Å². The molecule has 0 heterocycles. The molecule has 0 aliphatic carbocycles. The van der Waals surface area contributed by atoms with Gasteiger partial charge in [0.1, 0.15) is 0 Å². The van der Waals surface area contributed by atoms with Crippen LogP contribution < -0.4 is 10.6 Å². The van der Waals surface area contributed by atoms with Gasteiger partial charge < -0.3 is 10.6 Å². The summed E-state index contributed by atoms with van der Waals surface area (Å²) in [7, 11) is 1.63. The van der Waals surface area contributed by atoms with Crippen molar-refractivity contribution in [1.82, 2.24) is 4.90 Å². The minimum atomic E-state index is -0.366. The Hall–Kier alpha value is -3.19. The third kappa shape index (κ3) is 6.17. The first kappa shape index (κ1) is 23.5. The average molecular weight is 470 g/mol. The molecule has 3 rings (SSSR count). The van der Waals surface area contributed by atoms with Crippen molar-refractivity contribution < 1.29 is 14.4 Å². The number of halogens is 2. The smallest absolute Gasteiger partial charge is 0.238 e. The number of nitrogens with zero attached hydrogens (tertiary/aromatic N) is 1. The van der Waals surface area contributed by atoms with Crippen LogP contribution in [0, 0.1) is 0 Å². The second-order valence-electron chi connectivity index (χ2n) is 7.11. The molecule has 0 radical (unpaired) electrons. The zero-order chi connectivity index (χ0) is 23.1. The minimum absolute atomic E-state index is 0.0560. The number of carbonyl (C=O) groups excluding carboxylic acids is 3. The lowest BCUT2D eigenvalue weighted by molar-refractivity contribution is -0.119. The van der Waals surface area contributed by atoms with Gasteiger partial charge in [0, 0.05) is 11.1 Å². The second-order valence-corrected chi connectivity index (χ2v) is 7.92. The largest absolute Gasteiger partial charge is 0.324 e. The number of rotatable bonds is 8. The van der Waals surface area contributed by atoms with Gasteiger partial charge in [-0.1, -0.05) is 71.7 Å². The van der Waals surface area contributed by atoms with Crippen LogP contribution in [0.15, 0.2) is 72.8 Å². The van der Waals surface area contributed by atoms with Gasteiger partial charge in [-0.25, -0.2) is 0 Å². The molecule has 0 saturated heterocycles. The quantitative estimate of drug-likeness (QED) is 0.467. The number of hydrogen-bond donors (Lipinski definition) is 2. The number of ketones is 1.